The molecule has 0 bridgehead atoms. The molecular formula is C24H25NO6S. The maximum atomic E-state index is 12.8. The zero-order valence-electron chi connectivity index (χ0n) is 18.3. The lowest BCUT2D eigenvalue weighted by Crippen LogP contribution is -2.13. The van der Waals surface area contributed by atoms with E-state index in [9.17, 15) is 8.42 Å². The highest BCUT2D eigenvalue weighted by Crippen LogP contribution is 2.38. The van der Waals surface area contributed by atoms with E-state index in [1.54, 1.807) is 45.6 Å². The van der Waals surface area contributed by atoms with Gasteiger partial charge in [-0.15, -0.1) is 0 Å². The maximum absolute atomic E-state index is 12.8. The second-order valence-electron chi connectivity index (χ2n) is 6.66. The van der Waals surface area contributed by atoms with Crippen molar-refractivity contribution >= 4 is 27.9 Å². The number of hydrogen-bond acceptors (Lipinski definition) is 6. The SMILES string of the molecule is COc1ccc(S(=O)(=O)Nc2ccccc2/C=C\c2cc(OC)c(OC)c(OC)c2)cc1. The third-order valence-electron chi connectivity index (χ3n) is 4.72. The Balaban J connectivity index is 1.91. The van der Waals surface area contributed by atoms with Gasteiger partial charge < -0.3 is 18.9 Å². The van der Waals surface area contributed by atoms with Crippen LogP contribution in [0.2, 0.25) is 0 Å². The molecule has 0 amide bonds. The molecule has 0 aliphatic rings. The third-order valence-corrected chi connectivity index (χ3v) is 6.10. The molecule has 0 aliphatic heterocycles. The van der Waals surface area contributed by atoms with Gasteiger partial charge in [-0.2, -0.15) is 0 Å². The highest BCUT2D eigenvalue weighted by atomic mass is 32.2. The van der Waals surface area contributed by atoms with Gasteiger partial charge in [-0.25, -0.2) is 8.42 Å². The van der Waals surface area contributed by atoms with Crippen LogP contribution in [0.15, 0.2) is 65.6 Å². The summed E-state index contributed by atoms with van der Waals surface area (Å²) in [7, 11) is 2.40. The number of benzene rings is 3. The van der Waals surface area contributed by atoms with Crippen molar-refractivity contribution in [2.45, 2.75) is 4.90 Å². The normalized spacial score (nSPS) is 11.2. The van der Waals surface area contributed by atoms with Gasteiger partial charge in [-0.3, -0.25) is 4.72 Å². The fraction of sp³-hybridized carbons (Fsp3) is 0.167. The molecule has 0 spiro atoms. The quantitative estimate of drug-likeness (QED) is 0.471. The van der Waals surface area contributed by atoms with E-state index in [0.717, 1.165) is 5.56 Å². The van der Waals surface area contributed by atoms with Gasteiger partial charge in [0.2, 0.25) is 5.75 Å². The Bertz CT molecular complexity index is 1180. The average molecular weight is 456 g/mol. The average Bonchev–Trinajstić information content (AvgIpc) is 2.82. The summed E-state index contributed by atoms with van der Waals surface area (Å²) >= 11 is 0. The first-order valence-electron chi connectivity index (χ1n) is 9.66. The molecule has 3 aromatic rings. The Morgan fingerprint density at radius 2 is 1.38 bits per heavy atom. The van der Waals surface area contributed by atoms with E-state index in [2.05, 4.69) is 4.72 Å². The number of ether oxygens (including phenoxy) is 4. The Morgan fingerprint density at radius 3 is 1.94 bits per heavy atom. The molecule has 0 radical (unpaired) electrons. The fourth-order valence-electron chi connectivity index (χ4n) is 3.08. The zero-order chi connectivity index (χ0) is 23.1. The molecule has 1 N–H and O–H groups in total. The van der Waals surface area contributed by atoms with Crippen molar-refractivity contribution in [3.05, 3.63) is 71.8 Å². The van der Waals surface area contributed by atoms with Gasteiger partial charge in [0.05, 0.1) is 39.0 Å². The van der Waals surface area contributed by atoms with Crippen LogP contribution >= 0.6 is 0 Å². The van der Waals surface area contributed by atoms with E-state index in [1.165, 1.54) is 19.2 Å². The number of hydrogen-bond donors (Lipinski definition) is 1. The predicted molar refractivity (Wildman–Crippen MR) is 125 cm³/mol. The van der Waals surface area contributed by atoms with Crippen LogP contribution in [-0.4, -0.2) is 36.9 Å². The first-order chi connectivity index (χ1) is 15.4. The lowest BCUT2D eigenvalue weighted by molar-refractivity contribution is 0.324. The molecule has 8 heteroatoms. The second-order valence-corrected chi connectivity index (χ2v) is 8.34. The molecule has 0 unspecified atom stereocenters. The summed E-state index contributed by atoms with van der Waals surface area (Å²) < 4.78 is 49.5. The van der Waals surface area contributed by atoms with Crippen LogP contribution in [0.25, 0.3) is 12.2 Å². The van der Waals surface area contributed by atoms with Gasteiger partial charge in [0, 0.05) is 0 Å². The van der Waals surface area contributed by atoms with E-state index < -0.39 is 10.0 Å². The van der Waals surface area contributed by atoms with Gasteiger partial charge >= 0.3 is 0 Å². The first-order valence-corrected chi connectivity index (χ1v) is 11.1. The molecule has 0 saturated carbocycles. The van der Waals surface area contributed by atoms with Gasteiger partial charge in [-0.05, 0) is 53.6 Å². The van der Waals surface area contributed by atoms with Crippen LogP contribution in [0.5, 0.6) is 23.0 Å². The highest BCUT2D eigenvalue weighted by Gasteiger charge is 2.16. The minimum atomic E-state index is -3.77. The van der Waals surface area contributed by atoms with E-state index in [-0.39, 0.29) is 4.90 Å². The van der Waals surface area contributed by atoms with E-state index in [4.69, 9.17) is 18.9 Å². The number of anilines is 1. The molecule has 7 nitrogen and oxygen atoms in total. The number of sulfonamides is 1. The van der Waals surface area contributed by atoms with Crippen LogP contribution in [-0.2, 0) is 10.0 Å². The van der Waals surface area contributed by atoms with Gasteiger partial charge in [0.15, 0.2) is 11.5 Å². The van der Waals surface area contributed by atoms with Crippen molar-refractivity contribution in [2.75, 3.05) is 33.2 Å². The lowest BCUT2D eigenvalue weighted by Gasteiger charge is -2.13. The summed E-state index contributed by atoms with van der Waals surface area (Å²) in [4.78, 5) is 0.140. The summed E-state index contributed by atoms with van der Waals surface area (Å²) in [5.74, 6) is 2.14. The van der Waals surface area contributed by atoms with Crippen molar-refractivity contribution in [1.29, 1.82) is 0 Å². The Kier molecular flexibility index (Phi) is 7.27. The van der Waals surface area contributed by atoms with Crippen LogP contribution in [0.3, 0.4) is 0 Å². The lowest BCUT2D eigenvalue weighted by atomic mass is 10.1. The zero-order valence-corrected chi connectivity index (χ0v) is 19.1. The number of nitrogens with one attached hydrogen (secondary N) is 1. The molecule has 0 atom stereocenters. The summed E-state index contributed by atoms with van der Waals surface area (Å²) in [6.45, 7) is 0. The van der Waals surface area contributed by atoms with E-state index in [1.807, 2.05) is 36.4 Å². The van der Waals surface area contributed by atoms with Crippen molar-refractivity contribution in [3.63, 3.8) is 0 Å². The summed E-state index contributed by atoms with van der Waals surface area (Å²) in [5, 5.41) is 0. The van der Waals surface area contributed by atoms with Crippen molar-refractivity contribution in [1.82, 2.24) is 0 Å². The van der Waals surface area contributed by atoms with Gasteiger partial charge in [0.1, 0.15) is 5.75 Å². The standard InChI is InChI=1S/C24H25NO6S/c1-28-19-11-13-20(14-12-19)32(26,27)25-21-8-6-5-7-18(21)10-9-17-15-22(29-2)24(31-4)23(16-17)30-3/h5-16,25H,1-4H3/b10-9-. The molecular weight excluding hydrogens is 430 g/mol. The van der Waals surface area contributed by atoms with E-state index >= 15 is 0 Å². The molecule has 0 heterocycles. The minimum absolute atomic E-state index is 0.140. The number of methoxy groups -OCH3 is 4. The Hall–Kier alpha value is -3.65. The van der Waals surface area contributed by atoms with Crippen LogP contribution in [0.1, 0.15) is 11.1 Å². The Morgan fingerprint density at radius 1 is 0.750 bits per heavy atom. The highest BCUT2D eigenvalue weighted by molar-refractivity contribution is 7.92. The number of para-hydroxylation sites is 1. The van der Waals surface area contributed by atoms with Crippen molar-refractivity contribution in [2.24, 2.45) is 0 Å². The molecule has 32 heavy (non-hydrogen) atoms. The molecule has 168 valence electrons. The van der Waals surface area contributed by atoms with Crippen LogP contribution in [0.4, 0.5) is 5.69 Å². The summed E-state index contributed by atoms with van der Waals surface area (Å²) in [6.07, 6.45) is 3.65. The monoisotopic (exact) mass is 455 g/mol. The molecule has 3 aromatic carbocycles. The predicted octanol–water partition coefficient (Wildman–Crippen LogP) is 4.69. The van der Waals surface area contributed by atoms with Crippen LogP contribution in [0, 0.1) is 0 Å². The molecule has 0 aliphatic carbocycles. The van der Waals surface area contributed by atoms with Crippen LogP contribution < -0.4 is 23.7 Å². The molecule has 0 fully saturated rings. The first kappa shape index (κ1) is 23.0. The second kappa shape index (κ2) is 10.1. The fourth-order valence-corrected chi connectivity index (χ4v) is 4.17. The minimum Gasteiger partial charge on any atom is -0.497 e. The molecule has 0 aromatic heterocycles. The summed E-state index contributed by atoms with van der Waals surface area (Å²) in [5.41, 5.74) is 1.94. The molecule has 0 saturated heterocycles. The summed E-state index contributed by atoms with van der Waals surface area (Å²) in [6, 6.07) is 16.9. The smallest absolute Gasteiger partial charge is 0.261 e. The Labute approximate surface area is 188 Å². The van der Waals surface area contributed by atoms with Gasteiger partial charge in [0.25, 0.3) is 10.0 Å². The largest absolute Gasteiger partial charge is 0.497 e. The third kappa shape index (κ3) is 5.15. The topological polar surface area (TPSA) is 83.1 Å². The number of rotatable bonds is 9. The van der Waals surface area contributed by atoms with Crippen molar-refractivity contribution < 1.29 is 27.4 Å². The van der Waals surface area contributed by atoms with Crippen molar-refractivity contribution in [3.8, 4) is 23.0 Å². The van der Waals surface area contributed by atoms with Gasteiger partial charge in [-0.1, -0.05) is 30.4 Å². The maximum Gasteiger partial charge on any atom is 0.261 e. The molecule has 3 rings (SSSR count). The van der Waals surface area contributed by atoms with E-state index in [0.29, 0.717) is 34.2 Å².